The third-order valence-electron chi connectivity index (χ3n) is 4.91. The van der Waals surface area contributed by atoms with E-state index in [0.29, 0.717) is 24.7 Å². The van der Waals surface area contributed by atoms with Crippen LogP contribution in [0.5, 0.6) is 10.9 Å². The molecule has 28 heavy (non-hydrogen) atoms. The van der Waals surface area contributed by atoms with Crippen LogP contribution in [0.2, 0.25) is 0 Å². The lowest BCUT2D eigenvalue weighted by Crippen LogP contribution is -2.42. The van der Waals surface area contributed by atoms with Gasteiger partial charge in [0.1, 0.15) is 17.7 Å². The highest BCUT2D eigenvalue weighted by Gasteiger charge is 2.24. The highest BCUT2D eigenvalue weighted by molar-refractivity contribution is 7.20. The molecule has 0 atom stereocenters. The van der Waals surface area contributed by atoms with Gasteiger partial charge in [0.15, 0.2) is 0 Å². The van der Waals surface area contributed by atoms with Crippen molar-refractivity contribution in [3.8, 4) is 10.9 Å². The standard InChI is InChI=1S/C21H21FN2O3S/c1-26-17-6-7-19-18(13-17)23-21(28-19)27-16-8-10-24(11-9-16)20(25)12-14-2-4-15(22)5-3-14/h2-7,13,16H,8-12H2,1H3. The minimum Gasteiger partial charge on any atom is -0.497 e. The van der Waals surface area contributed by atoms with Crippen LogP contribution in [0, 0.1) is 5.82 Å². The Labute approximate surface area is 166 Å². The fraction of sp³-hybridized carbons (Fsp3) is 0.333. The summed E-state index contributed by atoms with van der Waals surface area (Å²) in [6.07, 6.45) is 1.89. The third kappa shape index (κ3) is 4.25. The Kier molecular flexibility index (Phi) is 5.43. The van der Waals surface area contributed by atoms with Crippen molar-refractivity contribution in [1.82, 2.24) is 9.88 Å². The summed E-state index contributed by atoms with van der Waals surface area (Å²) in [6.45, 7) is 1.31. The van der Waals surface area contributed by atoms with E-state index in [2.05, 4.69) is 4.98 Å². The number of halogens is 1. The van der Waals surface area contributed by atoms with Crippen LogP contribution in [0.25, 0.3) is 10.2 Å². The lowest BCUT2D eigenvalue weighted by molar-refractivity contribution is -0.132. The fourth-order valence-corrected chi connectivity index (χ4v) is 4.18. The van der Waals surface area contributed by atoms with Crippen LogP contribution in [0.1, 0.15) is 18.4 Å². The normalized spacial score (nSPS) is 15.0. The molecule has 0 N–H and O–H groups in total. The second-order valence-corrected chi connectivity index (χ2v) is 7.81. The van der Waals surface area contributed by atoms with Crippen molar-refractivity contribution in [2.75, 3.05) is 20.2 Å². The monoisotopic (exact) mass is 400 g/mol. The zero-order valence-corrected chi connectivity index (χ0v) is 16.4. The molecule has 4 rings (SSSR count). The fourth-order valence-electron chi connectivity index (χ4n) is 3.32. The van der Waals surface area contributed by atoms with Crippen molar-refractivity contribution >= 4 is 27.5 Å². The lowest BCUT2D eigenvalue weighted by Gasteiger charge is -2.31. The largest absolute Gasteiger partial charge is 0.497 e. The Morgan fingerprint density at radius 2 is 1.96 bits per heavy atom. The van der Waals surface area contributed by atoms with Gasteiger partial charge in [0, 0.05) is 32.0 Å². The molecule has 0 bridgehead atoms. The van der Waals surface area contributed by atoms with Gasteiger partial charge in [-0.3, -0.25) is 4.79 Å². The Hall–Kier alpha value is -2.67. The van der Waals surface area contributed by atoms with Gasteiger partial charge in [0.2, 0.25) is 5.91 Å². The number of benzene rings is 2. The average molecular weight is 400 g/mol. The number of likely N-dealkylation sites (tertiary alicyclic amines) is 1. The van der Waals surface area contributed by atoms with Crippen molar-refractivity contribution in [3.05, 3.63) is 53.8 Å². The maximum absolute atomic E-state index is 13.0. The molecule has 0 unspecified atom stereocenters. The highest BCUT2D eigenvalue weighted by atomic mass is 32.1. The molecular formula is C21H21FN2O3S. The van der Waals surface area contributed by atoms with E-state index >= 15 is 0 Å². The second kappa shape index (κ2) is 8.14. The van der Waals surface area contributed by atoms with Gasteiger partial charge < -0.3 is 14.4 Å². The molecule has 2 heterocycles. The summed E-state index contributed by atoms with van der Waals surface area (Å²) in [6, 6.07) is 11.9. The maximum Gasteiger partial charge on any atom is 0.274 e. The van der Waals surface area contributed by atoms with Gasteiger partial charge in [0.25, 0.3) is 5.19 Å². The van der Waals surface area contributed by atoms with Gasteiger partial charge in [-0.2, -0.15) is 0 Å². The quantitative estimate of drug-likeness (QED) is 0.648. The molecule has 0 saturated carbocycles. The summed E-state index contributed by atoms with van der Waals surface area (Å²) < 4.78 is 25.3. The van der Waals surface area contributed by atoms with Crippen LogP contribution in [0.15, 0.2) is 42.5 Å². The van der Waals surface area contributed by atoms with Crippen molar-refractivity contribution in [2.24, 2.45) is 0 Å². The van der Waals surface area contributed by atoms with Crippen molar-refractivity contribution < 1.29 is 18.7 Å². The smallest absolute Gasteiger partial charge is 0.274 e. The van der Waals surface area contributed by atoms with Crippen LogP contribution in [0.3, 0.4) is 0 Å². The van der Waals surface area contributed by atoms with Crippen LogP contribution in [-0.4, -0.2) is 42.1 Å². The topological polar surface area (TPSA) is 51.7 Å². The summed E-state index contributed by atoms with van der Waals surface area (Å²) in [4.78, 5) is 18.9. The number of carbonyl (C=O) groups is 1. The SMILES string of the molecule is COc1ccc2sc(OC3CCN(C(=O)Cc4ccc(F)cc4)CC3)nc2c1. The molecule has 1 aliphatic heterocycles. The number of rotatable bonds is 5. The Morgan fingerprint density at radius 1 is 1.21 bits per heavy atom. The molecule has 0 radical (unpaired) electrons. The van der Waals surface area contributed by atoms with Gasteiger partial charge in [-0.05, 0) is 29.8 Å². The van der Waals surface area contributed by atoms with E-state index in [4.69, 9.17) is 9.47 Å². The number of ether oxygens (including phenoxy) is 2. The van der Waals surface area contributed by atoms with Crippen LogP contribution < -0.4 is 9.47 Å². The Bertz CT molecular complexity index is 965. The number of carbonyl (C=O) groups excluding carboxylic acids is 1. The number of thiazole rings is 1. The predicted octanol–water partition coefficient (Wildman–Crippen LogP) is 4.06. The number of hydrogen-bond donors (Lipinski definition) is 0. The number of methoxy groups -OCH3 is 1. The minimum atomic E-state index is -0.289. The van der Waals surface area contributed by atoms with Crippen molar-refractivity contribution in [2.45, 2.75) is 25.4 Å². The summed E-state index contributed by atoms with van der Waals surface area (Å²) in [7, 11) is 1.64. The summed E-state index contributed by atoms with van der Waals surface area (Å²) in [5.74, 6) is 0.553. The summed E-state index contributed by atoms with van der Waals surface area (Å²) in [5.41, 5.74) is 1.70. The van der Waals surface area contributed by atoms with Gasteiger partial charge in [0.05, 0.1) is 23.7 Å². The summed E-state index contributed by atoms with van der Waals surface area (Å²) >= 11 is 1.52. The number of amides is 1. The molecule has 1 saturated heterocycles. The Balaban J connectivity index is 1.31. The van der Waals surface area contributed by atoms with Crippen molar-refractivity contribution in [1.29, 1.82) is 0 Å². The lowest BCUT2D eigenvalue weighted by atomic mass is 10.1. The molecule has 146 valence electrons. The number of fused-ring (bicyclic) bond motifs is 1. The first-order valence-electron chi connectivity index (χ1n) is 9.24. The number of hydrogen-bond acceptors (Lipinski definition) is 5. The zero-order chi connectivity index (χ0) is 19.5. The van der Waals surface area contributed by atoms with E-state index in [1.165, 1.54) is 23.5 Å². The molecular weight excluding hydrogens is 379 g/mol. The van der Waals surface area contributed by atoms with Crippen LogP contribution >= 0.6 is 11.3 Å². The van der Waals surface area contributed by atoms with Crippen LogP contribution in [-0.2, 0) is 11.2 Å². The number of aromatic nitrogens is 1. The molecule has 7 heteroatoms. The van der Waals surface area contributed by atoms with Gasteiger partial charge in [-0.25, -0.2) is 9.37 Å². The predicted molar refractivity (Wildman–Crippen MR) is 107 cm³/mol. The third-order valence-corrected chi connectivity index (χ3v) is 5.83. The minimum absolute atomic E-state index is 0.0531. The average Bonchev–Trinajstić information content (AvgIpc) is 3.11. The first kappa shape index (κ1) is 18.7. The molecule has 1 aliphatic rings. The number of piperidine rings is 1. The molecule has 0 aliphatic carbocycles. The van der Waals surface area contributed by atoms with E-state index < -0.39 is 0 Å². The van der Waals surface area contributed by atoms with E-state index in [1.807, 2.05) is 23.1 Å². The van der Waals surface area contributed by atoms with Gasteiger partial charge in [-0.15, -0.1) is 0 Å². The molecule has 0 spiro atoms. The molecule has 1 aromatic heterocycles. The highest BCUT2D eigenvalue weighted by Crippen LogP contribution is 2.32. The van der Waals surface area contributed by atoms with E-state index in [9.17, 15) is 9.18 Å². The number of nitrogens with zero attached hydrogens (tertiary/aromatic N) is 2. The van der Waals surface area contributed by atoms with Gasteiger partial charge in [-0.1, -0.05) is 23.5 Å². The van der Waals surface area contributed by atoms with Crippen molar-refractivity contribution in [3.63, 3.8) is 0 Å². The van der Waals surface area contributed by atoms with E-state index in [1.54, 1.807) is 19.2 Å². The molecule has 2 aromatic carbocycles. The molecule has 1 fully saturated rings. The van der Waals surface area contributed by atoms with Crippen LogP contribution in [0.4, 0.5) is 4.39 Å². The molecule has 5 nitrogen and oxygen atoms in total. The first-order chi connectivity index (χ1) is 13.6. The van der Waals surface area contributed by atoms with Gasteiger partial charge >= 0.3 is 0 Å². The molecule has 1 amide bonds. The molecule has 3 aromatic rings. The Morgan fingerprint density at radius 3 is 2.68 bits per heavy atom. The summed E-state index contributed by atoms with van der Waals surface area (Å²) in [5, 5.41) is 0.652. The van der Waals surface area contributed by atoms with E-state index in [-0.39, 0.29) is 17.8 Å². The second-order valence-electron chi connectivity index (χ2n) is 6.81. The zero-order valence-electron chi connectivity index (χ0n) is 15.6. The maximum atomic E-state index is 13.0. The first-order valence-corrected chi connectivity index (χ1v) is 10.1. The van der Waals surface area contributed by atoms with E-state index in [0.717, 1.165) is 34.4 Å².